The van der Waals surface area contributed by atoms with Crippen molar-refractivity contribution in [2.24, 2.45) is 0 Å². The van der Waals surface area contributed by atoms with Crippen LogP contribution in [0.3, 0.4) is 0 Å². The highest BCUT2D eigenvalue weighted by molar-refractivity contribution is 6.09. The summed E-state index contributed by atoms with van der Waals surface area (Å²) in [4.78, 5) is 2.21. The topological polar surface area (TPSA) is 16.4 Å². The molecule has 0 radical (unpaired) electrons. The van der Waals surface area contributed by atoms with Crippen molar-refractivity contribution in [2.75, 3.05) is 4.90 Å². The summed E-state index contributed by atoms with van der Waals surface area (Å²) in [5.74, 6) is 0. The lowest BCUT2D eigenvalue weighted by atomic mass is 9.66. The number of hydrogen-bond acceptors (Lipinski definition) is 2. The molecule has 1 heterocycles. The van der Waals surface area contributed by atoms with Gasteiger partial charge in [0.15, 0.2) is 0 Å². The number of nitrogens with zero attached hydrogens (tertiary/aromatic N) is 1. The molecular formula is C53H35NO. The van der Waals surface area contributed by atoms with Gasteiger partial charge < -0.3 is 9.32 Å². The Kier molecular flexibility index (Phi) is 5.66. The monoisotopic (exact) mass is 708 g/mol. The van der Waals surface area contributed by atoms with Gasteiger partial charge in [-0.1, -0.05) is 158 Å². The lowest BCUT2D eigenvalue weighted by Gasteiger charge is -2.35. The van der Waals surface area contributed by atoms with Gasteiger partial charge >= 0.3 is 0 Å². The van der Waals surface area contributed by atoms with Crippen LogP contribution in [0.2, 0.25) is 0 Å². The molecule has 1 aliphatic rings. The van der Waals surface area contributed by atoms with Crippen molar-refractivity contribution in [3.8, 4) is 22.3 Å². The summed E-state index contributed by atoms with van der Waals surface area (Å²) < 4.78 is 70.9. The predicted octanol–water partition coefficient (Wildman–Crippen LogP) is 14.2. The first-order valence-electron chi connectivity index (χ1n) is 21.9. The number of rotatable bonds is 6. The highest BCUT2D eigenvalue weighted by Gasteiger charge is 2.47. The third-order valence-corrected chi connectivity index (χ3v) is 11.0. The Labute approximate surface area is 330 Å². The Hall–Kier alpha value is -7.16. The van der Waals surface area contributed by atoms with E-state index in [0.717, 1.165) is 66.8 Å². The van der Waals surface area contributed by atoms with Gasteiger partial charge in [-0.3, -0.25) is 0 Å². The molecule has 11 rings (SSSR count). The van der Waals surface area contributed by atoms with Crippen LogP contribution in [0.15, 0.2) is 217 Å². The molecule has 0 bridgehead atoms. The smallest absolute Gasteiger partial charge is 0.135 e. The molecule has 2 nitrogen and oxygen atoms in total. The van der Waals surface area contributed by atoms with Gasteiger partial charge in [-0.2, -0.15) is 0 Å². The maximum Gasteiger partial charge on any atom is 0.135 e. The van der Waals surface area contributed by atoms with E-state index >= 15 is 0 Å². The highest BCUT2D eigenvalue weighted by atomic mass is 16.3. The zero-order valence-corrected chi connectivity index (χ0v) is 29.5. The first kappa shape index (κ1) is 25.0. The molecule has 0 N–H and O–H groups in total. The summed E-state index contributed by atoms with van der Waals surface area (Å²) in [6.45, 7) is 0. The van der Waals surface area contributed by atoms with Crippen LogP contribution in [0.25, 0.3) is 55.0 Å². The highest BCUT2D eigenvalue weighted by Crippen LogP contribution is 2.59. The minimum atomic E-state index is -1.42. The van der Waals surface area contributed by atoms with Gasteiger partial charge in [0.25, 0.3) is 0 Å². The second-order valence-electron chi connectivity index (χ2n) is 13.9. The zero-order chi connectivity index (χ0) is 42.4. The van der Waals surface area contributed by atoms with Crippen LogP contribution < -0.4 is 4.90 Å². The first-order valence-corrected chi connectivity index (χ1v) is 18.4. The number of fused-ring (bicyclic) bond motifs is 7. The summed E-state index contributed by atoms with van der Waals surface area (Å²) in [5.41, 5.74) is 9.08. The minimum Gasteiger partial charge on any atom is -0.456 e. The van der Waals surface area contributed by atoms with Crippen LogP contribution in [0.1, 0.15) is 31.8 Å². The lowest BCUT2D eigenvalue weighted by Crippen LogP contribution is -2.29. The average molecular weight is 709 g/mol. The van der Waals surface area contributed by atoms with Gasteiger partial charge in [-0.05, 0) is 110 Å². The zero-order valence-electron chi connectivity index (χ0n) is 36.5. The molecule has 0 amide bonds. The fraction of sp³-hybridized carbons (Fsp3) is 0.0189. The van der Waals surface area contributed by atoms with E-state index < -0.39 is 29.6 Å². The number of benzene rings is 9. The Morgan fingerprint density at radius 3 is 1.95 bits per heavy atom. The van der Waals surface area contributed by atoms with Gasteiger partial charge in [0.2, 0.25) is 0 Å². The molecule has 1 unspecified atom stereocenters. The van der Waals surface area contributed by atoms with E-state index in [1.165, 1.54) is 0 Å². The molecule has 258 valence electrons. The summed E-state index contributed by atoms with van der Waals surface area (Å²) in [6.07, 6.45) is 0. The minimum absolute atomic E-state index is 0.0904. The molecule has 1 aliphatic carbocycles. The average Bonchev–Trinajstić information content (AvgIpc) is 3.84. The summed E-state index contributed by atoms with van der Waals surface area (Å²) in [7, 11) is 0. The van der Waals surface area contributed by atoms with E-state index in [1.54, 1.807) is 0 Å². The SMILES string of the molecule is [2H]c1c([2H])c([2H])c2c([2H])c(C3(c4cccc5oc6ccccc6c45)c4ccccc4-c4cc(N(c5ccccc5)c5ccc(-c6ccccc6)cc5)ccc43)c([2H])c([2H])c2c1[2H]. The maximum atomic E-state index is 10.1. The van der Waals surface area contributed by atoms with Crippen molar-refractivity contribution < 1.29 is 14.0 Å². The summed E-state index contributed by atoms with van der Waals surface area (Å²) in [5, 5.41) is 1.41. The van der Waals surface area contributed by atoms with Gasteiger partial charge in [0.05, 0.1) is 15.0 Å². The van der Waals surface area contributed by atoms with Crippen LogP contribution in [-0.4, -0.2) is 0 Å². The molecule has 0 saturated heterocycles. The van der Waals surface area contributed by atoms with Crippen molar-refractivity contribution in [1.82, 2.24) is 0 Å². The fourth-order valence-corrected chi connectivity index (χ4v) is 8.62. The molecule has 0 aliphatic heterocycles. The van der Waals surface area contributed by atoms with Crippen LogP contribution >= 0.6 is 0 Å². The van der Waals surface area contributed by atoms with Crippen molar-refractivity contribution in [3.05, 3.63) is 234 Å². The Morgan fingerprint density at radius 2 is 1.09 bits per heavy atom. The largest absolute Gasteiger partial charge is 0.456 e. The van der Waals surface area contributed by atoms with Crippen LogP contribution in [0.4, 0.5) is 17.1 Å². The normalized spacial score (nSPS) is 16.4. The summed E-state index contributed by atoms with van der Waals surface area (Å²) in [6, 6.07) is 54.1. The molecule has 0 spiro atoms. The molecule has 10 aromatic rings. The number of furan rings is 1. The van der Waals surface area contributed by atoms with Crippen LogP contribution in [0, 0.1) is 0 Å². The van der Waals surface area contributed by atoms with E-state index in [-0.39, 0.29) is 34.5 Å². The summed E-state index contributed by atoms with van der Waals surface area (Å²) >= 11 is 0. The Bertz CT molecular complexity index is 3440. The second kappa shape index (κ2) is 12.5. The third-order valence-electron chi connectivity index (χ3n) is 11.0. The second-order valence-corrected chi connectivity index (χ2v) is 13.9. The predicted molar refractivity (Wildman–Crippen MR) is 229 cm³/mol. The van der Waals surface area contributed by atoms with E-state index in [2.05, 4.69) is 77.7 Å². The number of anilines is 3. The molecule has 9 aromatic carbocycles. The Balaban J connectivity index is 1.25. The number of para-hydroxylation sites is 2. The van der Waals surface area contributed by atoms with Crippen molar-refractivity contribution in [3.63, 3.8) is 0 Å². The standard InChI is InChI=1S/C53H35NO/c1-3-14-36(15-4-1)38-27-30-42(31-28-38)54(41-18-5-2-6-19-41)43-32-33-48-46(35-43)44-20-9-11-22-47(44)53(48,40-29-26-37-16-7-8-17-39(37)34-40)49-23-13-25-51-52(49)45-21-10-12-24-50(45)55-51/h1-35H/i7D,8D,16D,17D,26D,29D,34D. The van der Waals surface area contributed by atoms with Crippen molar-refractivity contribution in [2.45, 2.75) is 5.41 Å². The first-order chi connectivity index (χ1) is 30.2. The molecule has 1 aromatic heterocycles. The molecule has 2 heteroatoms. The fourth-order valence-electron chi connectivity index (χ4n) is 8.62. The molecule has 55 heavy (non-hydrogen) atoms. The van der Waals surface area contributed by atoms with Crippen LogP contribution in [-0.2, 0) is 5.41 Å². The lowest BCUT2D eigenvalue weighted by molar-refractivity contribution is 0.667. The molecular weight excluding hydrogens is 667 g/mol. The third kappa shape index (κ3) is 4.82. The maximum absolute atomic E-state index is 10.1. The van der Waals surface area contributed by atoms with E-state index in [0.29, 0.717) is 11.2 Å². The molecule has 1 atom stereocenters. The van der Waals surface area contributed by atoms with Gasteiger partial charge in [-0.15, -0.1) is 0 Å². The van der Waals surface area contributed by atoms with E-state index in [4.69, 9.17) is 9.90 Å². The van der Waals surface area contributed by atoms with E-state index in [1.807, 2.05) is 97.1 Å². The van der Waals surface area contributed by atoms with E-state index in [9.17, 15) is 4.11 Å². The van der Waals surface area contributed by atoms with Crippen molar-refractivity contribution >= 4 is 49.8 Å². The quantitative estimate of drug-likeness (QED) is 0.171. The van der Waals surface area contributed by atoms with Gasteiger partial charge in [0, 0.05) is 27.8 Å². The van der Waals surface area contributed by atoms with Crippen molar-refractivity contribution in [1.29, 1.82) is 0 Å². The van der Waals surface area contributed by atoms with Crippen LogP contribution in [0.5, 0.6) is 0 Å². The Morgan fingerprint density at radius 1 is 0.455 bits per heavy atom. The van der Waals surface area contributed by atoms with Gasteiger partial charge in [-0.25, -0.2) is 0 Å². The molecule has 0 saturated carbocycles. The van der Waals surface area contributed by atoms with Gasteiger partial charge in [0.1, 0.15) is 11.2 Å². The number of hydrogen-bond donors (Lipinski definition) is 0. The molecule has 0 fully saturated rings.